The van der Waals surface area contributed by atoms with Crippen molar-refractivity contribution in [1.29, 1.82) is 0 Å². The minimum absolute atomic E-state index is 0.202. The predicted octanol–water partition coefficient (Wildman–Crippen LogP) is 4.76. The first-order valence-electron chi connectivity index (χ1n) is 6.48. The number of carbonyl (C=O) groups is 1. The van der Waals surface area contributed by atoms with E-state index < -0.39 is 5.97 Å². The molecule has 0 saturated carbocycles. The Morgan fingerprint density at radius 1 is 1.24 bits per heavy atom. The maximum absolute atomic E-state index is 10.9. The number of halogens is 2. The Kier molecular flexibility index (Phi) is 5.56. The number of carboxylic acids is 1. The SMILES string of the molecule is C[C@@H](NCc1ccc(C(=O)O)cc1Br)c1cccc(Br)c1. The van der Waals surface area contributed by atoms with Crippen LogP contribution in [-0.4, -0.2) is 11.1 Å². The third kappa shape index (κ3) is 4.40. The van der Waals surface area contributed by atoms with Gasteiger partial charge in [-0.3, -0.25) is 0 Å². The Hall–Kier alpha value is -1.17. The van der Waals surface area contributed by atoms with Crippen LogP contribution in [0.1, 0.15) is 34.5 Å². The summed E-state index contributed by atoms with van der Waals surface area (Å²) in [4.78, 5) is 10.9. The second-order valence-electron chi connectivity index (χ2n) is 4.77. The molecule has 0 saturated heterocycles. The van der Waals surface area contributed by atoms with E-state index in [1.807, 2.05) is 18.2 Å². The smallest absolute Gasteiger partial charge is 0.335 e. The molecule has 1 atom stereocenters. The molecule has 5 heteroatoms. The van der Waals surface area contributed by atoms with Crippen LogP contribution in [0.15, 0.2) is 51.4 Å². The molecule has 21 heavy (non-hydrogen) atoms. The predicted molar refractivity (Wildman–Crippen MR) is 90.5 cm³/mol. The van der Waals surface area contributed by atoms with Crippen molar-refractivity contribution in [2.24, 2.45) is 0 Å². The lowest BCUT2D eigenvalue weighted by atomic mass is 10.1. The first-order chi connectivity index (χ1) is 9.97. The topological polar surface area (TPSA) is 49.3 Å². The average molecular weight is 413 g/mol. The van der Waals surface area contributed by atoms with Crippen molar-refractivity contribution in [3.63, 3.8) is 0 Å². The van der Waals surface area contributed by atoms with Crippen molar-refractivity contribution in [3.05, 3.63) is 68.1 Å². The summed E-state index contributed by atoms with van der Waals surface area (Å²) in [5, 5.41) is 12.4. The van der Waals surface area contributed by atoms with Crippen molar-refractivity contribution >= 4 is 37.8 Å². The van der Waals surface area contributed by atoms with Gasteiger partial charge in [-0.25, -0.2) is 4.79 Å². The summed E-state index contributed by atoms with van der Waals surface area (Å²) in [5.41, 5.74) is 2.51. The monoisotopic (exact) mass is 411 g/mol. The van der Waals surface area contributed by atoms with Gasteiger partial charge in [0.15, 0.2) is 0 Å². The van der Waals surface area contributed by atoms with Gasteiger partial charge < -0.3 is 10.4 Å². The van der Waals surface area contributed by atoms with Crippen LogP contribution in [-0.2, 0) is 6.54 Å². The molecule has 0 aromatic heterocycles. The van der Waals surface area contributed by atoms with Crippen molar-refractivity contribution < 1.29 is 9.90 Å². The highest BCUT2D eigenvalue weighted by molar-refractivity contribution is 9.10. The van der Waals surface area contributed by atoms with Gasteiger partial charge in [-0.15, -0.1) is 0 Å². The lowest BCUT2D eigenvalue weighted by molar-refractivity contribution is 0.0697. The van der Waals surface area contributed by atoms with Gasteiger partial charge in [-0.1, -0.05) is 50.1 Å². The third-order valence-corrected chi connectivity index (χ3v) is 4.48. The number of carboxylic acid groups (broad SMARTS) is 1. The zero-order valence-electron chi connectivity index (χ0n) is 11.4. The van der Waals surface area contributed by atoms with Crippen LogP contribution in [0.5, 0.6) is 0 Å². The summed E-state index contributed by atoms with van der Waals surface area (Å²) in [5.74, 6) is -0.919. The molecule has 0 spiro atoms. The van der Waals surface area contributed by atoms with Crippen LogP contribution in [0.3, 0.4) is 0 Å². The maximum atomic E-state index is 10.9. The summed E-state index contributed by atoms with van der Waals surface area (Å²) >= 11 is 6.89. The van der Waals surface area contributed by atoms with E-state index in [9.17, 15) is 4.79 Å². The van der Waals surface area contributed by atoms with Crippen LogP contribution >= 0.6 is 31.9 Å². The van der Waals surface area contributed by atoms with Crippen molar-refractivity contribution in [3.8, 4) is 0 Å². The molecule has 2 rings (SSSR count). The fourth-order valence-electron chi connectivity index (χ4n) is 1.98. The van der Waals surface area contributed by atoms with Gasteiger partial charge in [0.25, 0.3) is 0 Å². The quantitative estimate of drug-likeness (QED) is 0.744. The zero-order valence-corrected chi connectivity index (χ0v) is 14.6. The number of hydrogen-bond donors (Lipinski definition) is 2. The summed E-state index contributed by atoms with van der Waals surface area (Å²) in [6.07, 6.45) is 0. The Bertz CT molecular complexity index is 658. The molecule has 0 aliphatic rings. The van der Waals surface area contributed by atoms with Gasteiger partial charge in [0.1, 0.15) is 0 Å². The molecule has 0 amide bonds. The van der Waals surface area contributed by atoms with Gasteiger partial charge in [-0.05, 0) is 42.3 Å². The van der Waals surface area contributed by atoms with Crippen LogP contribution in [0.25, 0.3) is 0 Å². The minimum atomic E-state index is -0.919. The Morgan fingerprint density at radius 2 is 2.00 bits per heavy atom. The Labute approximate surface area is 140 Å². The molecule has 2 aromatic rings. The highest BCUT2D eigenvalue weighted by Gasteiger charge is 2.09. The molecule has 0 radical (unpaired) electrons. The molecule has 0 aliphatic heterocycles. The van der Waals surface area contributed by atoms with E-state index >= 15 is 0 Å². The molecule has 110 valence electrons. The molecular formula is C16H15Br2NO2. The number of aromatic carboxylic acids is 1. The van der Waals surface area contributed by atoms with E-state index in [0.29, 0.717) is 6.54 Å². The summed E-state index contributed by atoms with van der Waals surface area (Å²) in [6.45, 7) is 2.76. The molecular weight excluding hydrogens is 398 g/mol. The van der Waals surface area contributed by atoms with Crippen LogP contribution in [0.2, 0.25) is 0 Å². The van der Waals surface area contributed by atoms with E-state index in [2.05, 4.69) is 56.2 Å². The standard InChI is InChI=1S/C16H15Br2NO2/c1-10(11-3-2-4-14(17)7-11)19-9-13-6-5-12(16(20)21)8-15(13)18/h2-8,10,19H,9H2,1H3,(H,20,21)/t10-/m1/s1. The first-order valence-corrected chi connectivity index (χ1v) is 8.06. The fraction of sp³-hybridized carbons (Fsp3) is 0.188. The van der Waals surface area contributed by atoms with E-state index in [-0.39, 0.29) is 11.6 Å². The van der Waals surface area contributed by atoms with Gasteiger partial charge in [-0.2, -0.15) is 0 Å². The lowest BCUT2D eigenvalue weighted by Crippen LogP contribution is -2.18. The number of hydrogen-bond acceptors (Lipinski definition) is 2. The van der Waals surface area contributed by atoms with Gasteiger partial charge in [0.2, 0.25) is 0 Å². The van der Waals surface area contributed by atoms with Gasteiger partial charge in [0.05, 0.1) is 5.56 Å². The highest BCUT2D eigenvalue weighted by atomic mass is 79.9. The molecule has 2 aromatic carbocycles. The second kappa shape index (κ2) is 7.20. The normalized spacial score (nSPS) is 12.1. The fourth-order valence-corrected chi connectivity index (χ4v) is 2.92. The Morgan fingerprint density at radius 3 is 2.62 bits per heavy atom. The molecule has 0 bridgehead atoms. The lowest BCUT2D eigenvalue weighted by Gasteiger charge is -2.15. The number of nitrogens with one attached hydrogen (secondary N) is 1. The first kappa shape index (κ1) is 16.2. The van der Waals surface area contributed by atoms with Gasteiger partial charge >= 0.3 is 5.97 Å². The molecule has 0 heterocycles. The van der Waals surface area contributed by atoms with Crippen LogP contribution in [0, 0.1) is 0 Å². The van der Waals surface area contributed by atoms with Crippen molar-refractivity contribution in [2.45, 2.75) is 19.5 Å². The minimum Gasteiger partial charge on any atom is -0.478 e. The van der Waals surface area contributed by atoms with E-state index in [4.69, 9.17) is 5.11 Å². The maximum Gasteiger partial charge on any atom is 0.335 e. The largest absolute Gasteiger partial charge is 0.478 e. The molecule has 0 fully saturated rings. The highest BCUT2D eigenvalue weighted by Crippen LogP contribution is 2.21. The summed E-state index contributed by atoms with van der Waals surface area (Å²) < 4.78 is 1.86. The summed E-state index contributed by atoms with van der Waals surface area (Å²) in [7, 11) is 0. The summed E-state index contributed by atoms with van der Waals surface area (Å²) in [6, 6.07) is 13.4. The van der Waals surface area contributed by atoms with Crippen molar-refractivity contribution in [1.82, 2.24) is 5.32 Å². The number of benzene rings is 2. The molecule has 2 N–H and O–H groups in total. The van der Waals surface area contributed by atoms with E-state index in [0.717, 1.165) is 14.5 Å². The molecule has 0 aliphatic carbocycles. The average Bonchev–Trinajstić information content (AvgIpc) is 2.45. The van der Waals surface area contributed by atoms with E-state index in [1.54, 1.807) is 12.1 Å². The van der Waals surface area contributed by atoms with Gasteiger partial charge in [0, 0.05) is 21.5 Å². The van der Waals surface area contributed by atoms with Crippen LogP contribution in [0.4, 0.5) is 0 Å². The molecule has 3 nitrogen and oxygen atoms in total. The van der Waals surface area contributed by atoms with Crippen LogP contribution < -0.4 is 5.32 Å². The Balaban J connectivity index is 2.04. The van der Waals surface area contributed by atoms with Crippen molar-refractivity contribution in [2.75, 3.05) is 0 Å². The number of rotatable bonds is 5. The second-order valence-corrected chi connectivity index (χ2v) is 6.54. The molecule has 0 unspecified atom stereocenters. The van der Waals surface area contributed by atoms with E-state index in [1.165, 1.54) is 5.56 Å². The zero-order chi connectivity index (χ0) is 15.4. The third-order valence-electron chi connectivity index (χ3n) is 3.25.